The monoisotopic (exact) mass is 330 g/mol. The van der Waals surface area contributed by atoms with Crippen molar-refractivity contribution in [2.24, 2.45) is 0 Å². The minimum absolute atomic E-state index is 0.000185. The number of halogens is 1. The van der Waals surface area contributed by atoms with Gasteiger partial charge in [-0.3, -0.25) is 9.78 Å². The molecule has 0 aliphatic heterocycles. The van der Waals surface area contributed by atoms with Gasteiger partial charge in [-0.2, -0.15) is 0 Å². The summed E-state index contributed by atoms with van der Waals surface area (Å²) in [6, 6.07) is 10.3. The Balaban J connectivity index is 1.84. The molecule has 3 rings (SSSR count). The molecule has 0 bridgehead atoms. The molecule has 0 aliphatic rings. The molecule has 2 aromatic heterocycles. The fourth-order valence-electron chi connectivity index (χ4n) is 2.35. The zero-order chi connectivity index (χ0) is 16.4. The standard InChI is InChI=1S/C17H15ClN2O3/c1-17(22,14-5-3-7-23-14)10-20-16(21)13-9-12(18)8-11-4-2-6-19-15(11)13/h2-9,22H,10H2,1H3,(H,20,21). The summed E-state index contributed by atoms with van der Waals surface area (Å²) < 4.78 is 5.19. The Kier molecular flexibility index (Phi) is 4.07. The lowest BCUT2D eigenvalue weighted by molar-refractivity contribution is 0.0330. The molecule has 5 nitrogen and oxygen atoms in total. The molecule has 1 amide bonds. The summed E-state index contributed by atoms with van der Waals surface area (Å²) in [5.74, 6) is 0.0231. The van der Waals surface area contributed by atoms with Crippen molar-refractivity contribution in [2.75, 3.05) is 6.54 Å². The van der Waals surface area contributed by atoms with E-state index in [0.29, 0.717) is 21.9 Å². The Morgan fingerprint density at radius 3 is 2.96 bits per heavy atom. The lowest BCUT2D eigenvalue weighted by Crippen LogP contribution is -2.38. The Morgan fingerprint density at radius 1 is 1.39 bits per heavy atom. The summed E-state index contributed by atoms with van der Waals surface area (Å²) >= 11 is 6.07. The summed E-state index contributed by atoms with van der Waals surface area (Å²) in [5.41, 5.74) is -0.378. The molecule has 0 saturated carbocycles. The highest BCUT2D eigenvalue weighted by Crippen LogP contribution is 2.23. The van der Waals surface area contributed by atoms with Gasteiger partial charge in [0.25, 0.3) is 5.91 Å². The average molecular weight is 331 g/mol. The molecule has 118 valence electrons. The number of nitrogens with zero attached hydrogens (tertiary/aromatic N) is 1. The van der Waals surface area contributed by atoms with E-state index in [0.717, 1.165) is 5.39 Å². The summed E-state index contributed by atoms with van der Waals surface area (Å²) in [6.45, 7) is 1.57. The molecule has 2 heterocycles. The van der Waals surface area contributed by atoms with Crippen LogP contribution in [-0.2, 0) is 5.60 Å². The van der Waals surface area contributed by atoms with Gasteiger partial charge in [0.05, 0.1) is 23.9 Å². The van der Waals surface area contributed by atoms with Crippen LogP contribution in [0, 0.1) is 0 Å². The molecular weight excluding hydrogens is 316 g/mol. The smallest absolute Gasteiger partial charge is 0.253 e. The van der Waals surface area contributed by atoms with Crippen molar-refractivity contribution >= 4 is 28.4 Å². The Morgan fingerprint density at radius 2 is 2.22 bits per heavy atom. The SMILES string of the molecule is CC(O)(CNC(=O)c1cc(Cl)cc2cccnc12)c1ccco1. The Bertz CT molecular complexity index is 844. The topological polar surface area (TPSA) is 75.4 Å². The molecule has 0 fully saturated rings. The minimum atomic E-state index is -1.30. The van der Waals surface area contributed by atoms with Crippen molar-refractivity contribution < 1.29 is 14.3 Å². The van der Waals surface area contributed by atoms with Crippen molar-refractivity contribution in [3.05, 3.63) is 65.2 Å². The summed E-state index contributed by atoms with van der Waals surface area (Å²) in [7, 11) is 0. The third-order valence-corrected chi connectivity index (χ3v) is 3.78. The zero-order valence-electron chi connectivity index (χ0n) is 12.4. The van der Waals surface area contributed by atoms with E-state index in [9.17, 15) is 9.90 Å². The van der Waals surface area contributed by atoms with Crippen LogP contribution in [0.2, 0.25) is 5.02 Å². The van der Waals surface area contributed by atoms with Gasteiger partial charge >= 0.3 is 0 Å². The number of amides is 1. The molecule has 0 radical (unpaired) electrons. The molecule has 2 N–H and O–H groups in total. The van der Waals surface area contributed by atoms with Crippen molar-refractivity contribution in [3.63, 3.8) is 0 Å². The molecule has 6 heteroatoms. The molecule has 0 saturated heterocycles. The van der Waals surface area contributed by atoms with Crippen LogP contribution in [0.25, 0.3) is 10.9 Å². The number of nitrogens with one attached hydrogen (secondary N) is 1. The van der Waals surface area contributed by atoms with Crippen LogP contribution in [0.3, 0.4) is 0 Å². The molecule has 1 unspecified atom stereocenters. The van der Waals surface area contributed by atoms with E-state index in [-0.39, 0.29) is 12.5 Å². The second kappa shape index (κ2) is 6.02. The lowest BCUT2D eigenvalue weighted by Gasteiger charge is -2.21. The second-order valence-corrected chi connectivity index (χ2v) is 5.90. The fraction of sp³-hybridized carbons (Fsp3) is 0.176. The number of benzene rings is 1. The number of hydrogen-bond acceptors (Lipinski definition) is 4. The van der Waals surface area contributed by atoms with Crippen LogP contribution in [-0.4, -0.2) is 22.5 Å². The molecule has 0 aliphatic carbocycles. The number of aromatic nitrogens is 1. The number of aliphatic hydroxyl groups is 1. The zero-order valence-corrected chi connectivity index (χ0v) is 13.2. The van der Waals surface area contributed by atoms with Gasteiger partial charge < -0.3 is 14.8 Å². The van der Waals surface area contributed by atoms with Gasteiger partial charge in [-0.05, 0) is 37.3 Å². The van der Waals surface area contributed by atoms with Crippen molar-refractivity contribution in [1.82, 2.24) is 10.3 Å². The first-order chi connectivity index (χ1) is 11.0. The van der Waals surface area contributed by atoms with Gasteiger partial charge in [-0.15, -0.1) is 0 Å². The Labute approximate surface area is 137 Å². The van der Waals surface area contributed by atoms with Crippen LogP contribution in [0.15, 0.2) is 53.3 Å². The van der Waals surface area contributed by atoms with E-state index >= 15 is 0 Å². The number of hydrogen-bond donors (Lipinski definition) is 2. The van der Waals surface area contributed by atoms with Gasteiger partial charge in [0, 0.05) is 16.6 Å². The highest BCUT2D eigenvalue weighted by molar-refractivity contribution is 6.32. The van der Waals surface area contributed by atoms with E-state index < -0.39 is 5.60 Å². The van der Waals surface area contributed by atoms with Crippen LogP contribution < -0.4 is 5.32 Å². The van der Waals surface area contributed by atoms with E-state index in [1.807, 2.05) is 6.07 Å². The van der Waals surface area contributed by atoms with Crippen molar-refractivity contribution in [3.8, 4) is 0 Å². The number of carbonyl (C=O) groups excluding carboxylic acids is 1. The van der Waals surface area contributed by atoms with E-state index in [1.165, 1.54) is 6.26 Å². The fourth-order valence-corrected chi connectivity index (χ4v) is 2.58. The largest absolute Gasteiger partial charge is 0.466 e. The number of carbonyl (C=O) groups is 1. The van der Waals surface area contributed by atoms with Crippen LogP contribution >= 0.6 is 11.6 Å². The highest BCUT2D eigenvalue weighted by Gasteiger charge is 2.27. The minimum Gasteiger partial charge on any atom is -0.466 e. The summed E-state index contributed by atoms with van der Waals surface area (Å²) in [4.78, 5) is 16.7. The average Bonchev–Trinajstić information content (AvgIpc) is 3.07. The predicted octanol–water partition coefficient (Wildman–Crippen LogP) is 3.12. The lowest BCUT2D eigenvalue weighted by atomic mass is 10.0. The second-order valence-electron chi connectivity index (χ2n) is 5.46. The van der Waals surface area contributed by atoms with Gasteiger partial charge in [0.1, 0.15) is 11.4 Å². The van der Waals surface area contributed by atoms with Crippen LogP contribution in [0.4, 0.5) is 0 Å². The maximum absolute atomic E-state index is 12.5. The molecule has 0 spiro atoms. The quantitative estimate of drug-likeness (QED) is 0.770. The van der Waals surface area contributed by atoms with Gasteiger partial charge in [-0.1, -0.05) is 17.7 Å². The first kappa shape index (κ1) is 15.5. The van der Waals surface area contributed by atoms with Gasteiger partial charge in [0.15, 0.2) is 0 Å². The molecule has 3 aromatic rings. The van der Waals surface area contributed by atoms with E-state index in [4.69, 9.17) is 16.0 Å². The Hall–Kier alpha value is -2.37. The van der Waals surface area contributed by atoms with Crippen molar-refractivity contribution in [2.45, 2.75) is 12.5 Å². The van der Waals surface area contributed by atoms with E-state index in [2.05, 4.69) is 10.3 Å². The molecule has 1 aromatic carbocycles. The molecular formula is C17H15ClN2O3. The highest BCUT2D eigenvalue weighted by atomic mass is 35.5. The molecule has 1 atom stereocenters. The van der Waals surface area contributed by atoms with E-state index in [1.54, 1.807) is 43.5 Å². The third-order valence-electron chi connectivity index (χ3n) is 3.56. The maximum Gasteiger partial charge on any atom is 0.253 e. The van der Waals surface area contributed by atoms with Crippen molar-refractivity contribution in [1.29, 1.82) is 0 Å². The summed E-state index contributed by atoms with van der Waals surface area (Å²) in [6.07, 6.45) is 3.09. The van der Waals surface area contributed by atoms with Crippen LogP contribution in [0.1, 0.15) is 23.0 Å². The first-order valence-corrected chi connectivity index (χ1v) is 7.44. The maximum atomic E-state index is 12.5. The number of furan rings is 1. The predicted molar refractivity (Wildman–Crippen MR) is 87.4 cm³/mol. The number of fused-ring (bicyclic) bond motifs is 1. The number of pyridine rings is 1. The number of rotatable bonds is 4. The van der Waals surface area contributed by atoms with Crippen LogP contribution in [0.5, 0.6) is 0 Å². The normalized spacial score (nSPS) is 13.7. The van der Waals surface area contributed by atoms with Gasteiger partial charge in [0.2, 0.25) is 0 Å². The van der Waals surface area contributed by atoms with Gasteiger partial charge in [-0.25, -0.2) is 0 Å². The first-order valence-electron chi connectivity index (χ1n) is 7.06. The summed E-state index contributed by atoms with van der Waals surface area (Å²) in [5, 5.41) is 14.3. The molecule has 23 heavy (non-hydrogen) atoms. The third kappa shape index (κ3) is 3.21.